The van der Waals surface area contributed by atoms with E-state index in [0.717, 1.165) is 238 Å². The molecule has 13 fully saturated rings. The zero-order chi connectivity index (χ0) is 96.0. The number of ether oxygens (including phenoxy) is 8. The molecule has 10 bridgehead atoms. The Balaban J connectivity index is 0.000000108. The van der Waals surface area contributed by atoms with Gasteiger partial charge in [-0.25, -0.2) is 19.9 Å². The first-order chi connectivity index (χ1) is 69.0. The van der Waals surface area contributed by atoms with Crippen molar-refractivity contribution in [3.05, 3.63) is 168 Å². The lowest BCUT2D eigenvalue weighted by molar-refractivity contribution is 0.0299. The summed E-state index contributed by atoms with van der Waals surface area (Å²) in [6.07, 6.45) is 11.5. The maximum Gasteiger partial charge on any atom is 0.251 e. The number of pyridine rings is 4. The van der Waals surface area contributed by atoms with E-state index in [4.69, 9.17) is 97.7 Å². The average molecular weight is 1910 g/mol. The molecule has 13 atom stereocenters. The van der Waals surface area contributed by atoms with Crippen LogP contribution >= 0.6 is 0 Å². The van der Waals surface area contributed by atoms with Crippen molar-refractivity contribution in [1.82, 2.24) is 81.1 Å². The highest BCUT2D eigenvalue weighted by Crippen LogP contribution is 2.45. The Morgan fingerprint density at radius 3 is 0.879 bits per heavy atom. The van der Waals surface area contributed by atoms with E-state index in [2.05, 4.69) is 106 Å². The smallest absolute Gasteiger partial charge is 0.251 e. The molecule has 0 saturated carbocycles. The highest BCUT2D eigenvalue weighted by molar-refractivity contribution is 6.00. The predicted molar refractivity (Wildman–Crippen MR) is 538 cm³/mol. The van der Waals surface area contributed by atoms with Gasteiger partial charge in [-0.1, -0.05) is 48.5 Å². The van der Waals surface area contributed by atoms with E-state index >= 15 is 0 Å². The summed E-state index contributed by atoms with van der Waals surface area (Å²) >= 11 is 0. The van der Waals surface area contributed by atoms with Crippen LogP contribution < -0.4 is 60.5 Å². The fourth-order valence-corrected chi connectivity index (χ4v) is 22.5. The van der Waals surface area contributed by atoms with Crippen LogP contribution in [0.3, 0.4) is 0 Å². The molecule has 0 spiro atoms. The van der Waals surface area contributed by atoms with Crippen LogP contribution in [0.25, 0.3) is 89.2 Å². The average Bonchev–Trinajstić information content (AvgIpc) is 1.63. The molecule has 36 nitrogen and oxygen atoms in total. The molecule has 13 aliphatic rings. The van der Waals surface area contributed by atoms with Crippen LogP contribution in [-0.2, 0) is 37.9 Å². The van der Waals surface area contributed by atoms with Crippen LogP contribution in [-0.4, -0.2) is 316 Å². The minimum atomic E-state index is -0.122. The quantitative estimate of drug-likeness (QED) is 0.0698. The highest BCUT2D eigenvalue weighted by Gasteiger charge is 2.46. The van der Waals surface area contributed by atoms with E-state index in [9.17, 15) is 19.2 Å². The third-order valence-electron chi connectivity index (χ3n) is 29.8. The number of anilines is 8. The van der Waals surface area contributed by atoms with Gasteiger partial charge < -0.3 is 98.4 Å². The summed E-state index contributed by atoms with van der Waals surface area (Å²) in [5, 5.41) is 14.5. The van der Waals surface area contributed by atoms with E-state index in [1.807, 2.05) is 103 Å². The van der Waals surface area contributed by atoms with Gasteiger partial charge >= 0.3 is 0 Å². The largest absolute Gasteiger partial charge is 0.377 e. The number of fused-ring (bicyclic) bond motifs is 14. The van der Waals surface area contributed by atoms with Crippen molar-refractivity contribution >= 4 is 115 Å². The lowest BCUT2D eigenvalue weighted by atomic mass is 10.1. The second-order valence-electron chi connectivity index (χ2n) is 38.8. The molecule has 36 heteroatoms. The minimum Gasteiger partial charge on any atom is -0.377 e. The summed E-state index contributed by atoms with van der Waals surface area (Å²) in [6, 6.07) is 49.5. The number of nitrogens with zero attached hydrogens (tertiary/aromatic N) is 20. The molecular weight excluding hydrogens is 1790 g/mol. The normalized spacial score (nSPS) is 24.9. The van der Waals surface area contributed by atoms with Crippen LogP contribution in [0.15, 0.2) is 146 Å². The monoisotopic (exact) mass is 1910 g/mol. The van der Waals surface area contributed by atoms with Crippen LogP contribution in [0.4, 0.5) is 47.1 Å². The Morgan fingerprint density at radius 1 is 0.284 bits per heavy atom. The van der Waals surface area contributed by atoms with E-state index in [0.29, 0.717) is 158 Å². The van der Waals surface area contributed by atoms with Crippen LogP contribution in [0.5, 0.6) is 0 Å². The molecule has 732 valence electrons. The van der Waals surface area contributed by atoms with Gasteiger partial charge in [-0.05, 0) is 182 Å². The van der Waals surface area contributed by atoms with Gasteiger partial charge in [-0.3, -0.25) is 19.2 Å². The molecule has 0 aliphatic carbocycles. The molecule has 10 unspecified atom stereocenters. The summed E-state index contributed by atoms with van der Waals surface area (Å²) in [6.45, 7) is 20.1. The Labute approximate surface area is 817 Å². The van der Waals surface area contributed by atoms with E-state index in [1.165, 1.54) is 0 Å². The molecule has 21 heterocycles. The lowest BCUT2D eigenvalue weighted by Crippen LogP contribution is -2.48. The van der Waals surface area contributed by atoms with Gasteiger partial charge in [0.15, 0.2) is 22.6 Å². The second-order valence-corrected chi connectivity index (χ2v) is 38.8. The lowest BCUT2D eigenvalue weighted by Gasteiger charge is -2.38. The maximum atomic E-state index is 12.2. The standard InChI is InChI=1S/C27H30N6O3.3C26H30N6O3/c1-28-26(34)17-4-2-3-16(11-17)23-10-9-22-24(29-23)30-27(33-20-7-8-21(33)15-36-14-20)31-25(22)32-18-5-6-19(32)13-35-12-18;1-16-15-34-11-10-32(16)24-21-8-9-22(17-4-3-5-18(12-17)25(33)27-2)28-23(21)29-26(30-24)31-13-19-6-7-20(14-31)35-19;1-16-13-34-11-10-31(16)26-29-23-21(24(30-26)32-19-6-7-20(32)15-35-14-19)8-9-22(28-23)17-4-3-5-18(12-17)25(33)27-2;1-16-13-34-11-10-31(16)24-21-8-9-22(17-4-3-5-18(12-17)25(33)27-2)28-23(21)29-26(30-24)32-19-6-7-20(32)15-35-14-19/h2-4,9-11,18-21H,5-8,12-15H2,1H3,(H,28,34);3*3-5,8-9,12,16,19-20H,6-7,10-11,13-15H2,1-2H3,(H,27,33)/t;3*16-,19?,20?/m.000/s1. The molecule has 25 rings (SSSR count). The van der Waals surface area contributed by atoms with Gasteiger partial charge in [0.25, 0.3) is 23.6 Å². The van der Waals surface area contributed by atoms with Crippen molar-refractivity contribution in [2.24, 2.45) is 0 Å². The number of morpholine rings is 8. The SMILES string of the molecule is CNC(=O)c1cccc(-c2ccc3c(N4C5CCC4COC5)nc(N4C5CCC4COC5)nc3n2)c1.CNC(=O)c1cccc(-c2ccc3c(N4C5CCC4COC5)nc(N4CCOC[C@@H]4C)nc3n2)c1.CNC(=O)c1cccc(-c2ccc3c(N4CCOC[C@@H]4C)nc(N4C5CCC4COC5)nc3n2)c1.CNC(=O)c1cccc(-c2ccc3c(N4CCOC[C@@H]4C)nc(N4CC5CCC(C4)O5)nc3n2)c1. The van der Waals surface area contributed by atoms with Gasteiger partial charge in [-0.15, -0.1) is 0 Å². The van der Waals surface area contributed by atoms with E-state index < -0.39 is 0 Å². The van der Waals surface area contributed by atoms with Crippen molar-refractivity contribution < 1.29 is 57.1 Å². The number of nitrogens with one attached hydrogen (secondary N) is 4. The number of amides is 4. The number of rotatable bonds is 16. The predicted octanol–water partition coefficient (Wildman–Crippen LogP) is 10.7. The Kier molecular flexibility index (Phi) is 26.6. The molecular formula is C105H120N24O12. The third kappa shape index (κ3) is 18.7. The first-order valence-electron chi connectivity index (χ1n) is 50.0. The van der Waals surface area contributed by atoms with Gasteiger partial charge in [-0.2, -0.15) is 39.9 Å². The Morgan fingerprint density at radius 2 is 0.560 bits per heavy atom. The van der Waals surface area contributed by atoms with Crippen molar-refractivity contribution in [3.8, 4) is 45.0 Å². The van der Waals surface area contributed by atoms with E-state index in [-0.39, 0.29) is 54.0 Å². The summed E-state index contributed by atoms with van der Waals surface area (Å²) in [4.78, 5) is 128. The van der Waals surface area contributed by atoms with Crippen molar-refractivity contribution in [2.75, 3.05) is 193 Å². The van der Waals surface area contributed by atoms with Crippen molar-refractivity contribution in [1.29, 1.82) is 0 Å². The minimum absolute atomic E-state index is 0.116. The molecule has 4 amide bonds. The number of carbonyl (C=O) groups excluding carboxylic acids is 4. The van der Waals surface area contributed by atoms with Gasteiger partial charge in [0.1, 0.15) is 23.3 Å². The van der Waals surface area contributed by atoms with Crippen LogP contribution in [0.2, 0.25) is 0 Å². The summed E-state index contributed by atoms with van der Waals surface area (Å²) in [5.41, 5.74) is 11.7. The van der Waals surface area contributed by atoms with Crippen LogP contribution in [0, 0.1) is 0 Å². The van der Waals surface area contributed by atoms with Crippen molar-refractivity contribution in [3.63, 3.8) is 0 Å². The fourth-order valence-electron chi connectivity index (χ4n) is 22.5. The molecule has 141 heavy (non-hydrogen) atoms. The molecule has 12 aromatic rings. The fraction of sp³-hybridized carbons (Fsp3) is 0.467. The number of carbonyl (C=O) groups is 4. The van der Waals surface area contributed by atoms with Gasteiger partial charge in [0.05, 0.1) is 215 Å². The van der Waals surface area contributed by atoms with Crippen molar-refractivity contribution in [2.45, 2.75) is 164 Å². The summed E-state index contributed by atoms with van der Waals surface area (Å²) < 4.78 is 46.4. The zero-order valence-electron chi connectivity index (χ0n) is 80.7. The number of hydrogen-bond donors (Lipinski definition) is 4. The van der Waals surface area contributed by atoms with Crippen LogP contribution in [0.1, 0.15) is 126 Å². The zero-order valence-corrected chi connectivity index (χ0v) is 80.7. The summed E-state index contributed by atoms with van der Waals surface area (Å²) in [7, 11) is 6.54. The molecule has 4 aromatic carbocycles. The molecule has 13 aliphatic heterocycles. The first kappa shape index (κ1) is 92.8. The molecule has 13 saturated heterocycles. The summed E-state index contributed by atoms with van der Waals surface area (Å²) in [5.74, 6) is 6.11. The third-order valence-corrected chi connectivity index (χ3v) is 29.8. The maximum absolute atomic E-state index is 12.2. The molecule has 0 radical (unpaired) electrons. The van der Waals surface area contributed by atoms with Gasteiger partial charge in [0.2, 0.25) is 23.8 Å². The van der Waals surface area contributed by atoms with E-state index in [1.54, 1.807) is 46.4 Å². The molecule has 4 N–H and O–H groups in total. The van der Waals surface area contributed by atoms with Gasteiger partial charge in [0, 0.05) is 105 Å². The number of hydrogen-bond acceptors (Lipinski definition) is 32. The number of aromatic nitrogens is 12. The highest BCUT2D eigenvalue weighted by atomic mass is 16.5. The number of benzene rings is 4. The Bertz CT molecular complexity index is 6560. The molecule has 8 aromatic heterocycles. The topological polar surface area (TPSA) is 371 Å². The first-order valence-corrected chi connectivity index (χ1v) is 50.0. The Hall–Kier alpha value is -13.2. The second kappa shape index (κ2) is 40.4.